The van der Waals surface area contributed by atoms with Crippen LogP contribution in [0, 0.1) is 17.8 Å². The molecule has 0 radical (unpaired) electrons. The van der Waals surface area contributed by atoms with Crippen molar-refractivity contribution >= 4 is 29.3 Å². The second-order valence-electron chi connectivity index (χ2n) is 13.0. The average Bonchev–Trinajstić information content (AvgIpc) is 3.91. The molecule has 0 bridgehead atoms. The molecule has 4 amide bonds. The van der Waals surface area contributed by atoms with E-state index in [1.54, 1.807) is 40.5 Å². The Kier molecular flexibility index (Phi) is 9.48. The Morgan fingerprint density at radius 3 is 2.20 bits per heavy atom. The minimum Gasteiger partial charge on any atom is -0.384 e. The molecule has 4 atom stereocenters. The van der Waals surface area contributed by atoms with Crippen molar-refractivity contribution in [2.24, 2.45) is 17.8 Å². The maximum Gasteiger partial charge on any atom is 0.417 e. The Morgan fingerprint density at radius 2 is 1.63 bits per heavy atom. The topological polar surface area (TPSA) is 146 Å². The van der Waals surface area contributed by atoms with Crippen LogP contribution in [0.15, 0.2) is 30.5 Å². The van der Waals surface area contributed by atoms with Crippen LogP contribution < -0.4 is 16.0 Å². The number of fused-ring (bicyclic) bond motifs is 1. The fraction of sp³-hybridized carbons (Fsp3) is 0.594. The zero-order chi connectivity index (χ0) is 33.5. The Morgan fingerprint density at radius 1 is 0.978 bits per heavy atom. The maximum atomic E-state index is 13.8. The van der Waals surface area contributed by atoms with Gasteiger partial charge in [0.25, 0.3) is 11.8 Å². The molecule has 2 fully saturated rings. The lowest BCUT2D eigenvalue weighted by Crippen LogP contribution is -2.57. The number of aliphatic hydroxyl groups excluding tert-OH is 1. The second kappa shape index (κ2) is 13.0. The number of hydrogen-bond donors (Lipinski definition) is 4. The predicted molar refractivity (Wildman–Crippen MR) is 161 cm³/mol. The predicted octanol–water partition coefficient (Wildman–Crippen LogP) is 3.51. The summed E-state index contributed by atoms with van der Waals surface area (Å²) < 4.78 is 42.8. The van der Waals surface area contributed by atoms with E-state index in [-0.39, 0.29) is 23.8 Å². The van der Waals surface area contributed by atoms with E-state index in [4.69, 9.17) is 0 Å². The Hall–Kier alpha value is -3.94. The molecule has 4 N–H and O–H groups in total. The molecule has 1 unspecified atom stereocenters. The molecule has 1 aromatic carbocycles. The van der Waals surface area contributed by atoms with Crippen LogP contribution in [0.5, 0.6) is 0 Å². The molecule has 0 aliphatic heterocycles. The number of nitrogens with one attached hydrogen (secondary N) is 3. The number of alkyl halides is 3. The van der Waals surface area contributed by atoms with Crippen molar-refractivity contribution in [3.8, 4) is 0 Å². The SMILES string of the molecule is CC(C)n1nccc1C(=O)N[C@H](C(=O)Nc1ccc2c(c1)CC[C@H]2N(C)C(=O)C(NC(=O)[C@H](C)O)C(F)(F)F)C(C1CC1)C1CC1. The summed E-state index contributed by atoms with van der Waals surface area (Å²) in [7, 11) is 1.25. The first-order valence-corrected chi connectivity index (χ1v) is 15.8. The molecule has 14 heteroatoms. The number of anilines is 1. The average molecular weight is 647 g/mol. The van der Waals surface area contributed by atoms with Crippen LogP contribution in [-0.4, -0.2) is 74.8 Å². The second-order valence-corrected chi connectivity index (χ2v) is 13.0. The smallest absolute Gasteiger partial charge is 0.384 e. The van der Waals surface area contributed by atoms with Crippen LogP contribution in [0.25, 0.3) is 0 Å². The number of halogens is 3. The monoisotopic (exact) mass is 646 g/mol. The van der Waals surface area contributed by atoms with Gasteiger partial charge in [-0.05, 0) is 106 Å². The van der Waals surface area contributed by atoms with Crippen molar-refractivity contribution in [1.29, 1.82) is 0 Å². The quantitative estimate of drug-likeness (QED) is 0.278. The molecule has 0 saturated heterocycles. The van der Waals surface area contributed by atoms with Gasteiger partial charge in [0.1, 0.15) is 17.8 Å². The lowest BCUT2D eigenvalue weighted by molar-refractivity contribution is -0.179. The molecule has 250 valence electrons. The van der Waals surface area contributed by atoms with E-state index in [1.807, 2.05) is 13.8 Å². The standard InChI is InChI=1S/C32H41F3N6O5/c1-16(2)41-24(13-14-36-41)29(44)38-26(25(18-5-6-18)19-7-8-19)30(45)37-21-10-11-22-20(15-21)9-12-23(22)40(4)31(46)27(32(33,34)35)39-28(43)17(3)42/h10-11,13-19,23,25-27,42H,5-9,12H2,1-4H3,(H,37,45)(H,38,44)(H,39,43)/t17-,23+,26-,27?/m0/s1. The number of benzene rings is 1. The van der Waals surface area contributed by atoms with Gasteiger partial charge in [-0.3, -0.25) is 23.9 Å². The van der Waals surface area contributed by atoms with Crippen LogP contribution >= 0.6 is 0 Å². The maximum absolute atomic E-state index is 13.8. The third-order valence-corrected chi connectivity index (χ3v) is 9.19. The van der Waals surface area contributed by atoms with Gasteiger partial charge in [0.05, 0.1) is 6.04 Å². The Bertz CT molecular complexity index is 1470. The van der Waals surface area contributed by atoms with Crippen molar-refractivity contribution < 1.29 is 37.5 Å². The number of carbonyl (C=O) groups excluding carboxylic acids is 4. The number of nitrogens with zero attached hydrogens (tertiary/aromatic N) is 3. The molecule has 11 nitrogen and oxygen atoms in total. The number of hydrogen-bond acceptors (Lipinski definition) is 6. The van der Waals surface area contributed by atoms with Gasteiger partial charge < -0.3 is 26.0 Å². The summed E-state index contributed by atoms with van der Waals surface area (Å²) in [6.07, 6.45) is -0.397. The summed E-state index contributed by atoms with van der Waals surface area (Å²) in [5.74, 6) is -2.63. The first-order chi connectivity index (χ1) is 21.7. The molecule has 2 saturated carbocycles. The Balaban J connectivity index is 1.32. The summed E-state index contributed by atoms with van der Waals surface area (Å²) in [6.45, 7) is 4.85. The van der Waals surface area contributed by atoms with Crippen molar-refractivity contribution in [2.75, 3.05) is 12.4 Å². The molecular formula is C32H41F3N6O5. The van der Waals surface area contributed by atoms with Crippen LogP contribution in [0.3, 0.4) is 0 Å². The van der Waals surface area contributed by atoms with E-state index >= 15 is 0 Å². The molecule has 3 aliphatic rings. The summed E-state index contributed by atoms with van der Waals surface area (Å²) in [6, 6.07) is 2.40. The highest BCUT2D eigenvalue weighted by Crippen LogP contribution is 2.51. The van der Waals surface area contributed by atoms with E-state index in [0.29, 0.717) is 41.6 Å². The van der Waals surface area contributed by atoms with Gasteiger partial charge >= 0.3 is 6.18 Å². The number of amides is 4. The van der Waals surface area contributed by atoms with Gasteiger partial charge in [-0.1, -0.05) is 6.07 Å². The fourth-order valence-electron chi connectivity index (χ4n) is 6.55. The van der Waals surface area contributed by atoms with Crippen molar-refractivity contribution in [3.63, 3.8) is 0 Å². The lowest BCUT2D eigenvalue weighted by Gasteiger charge is -2.31. The van der Waals surface area contributed by atoms with Crippen LogP contribution in [0.2, 0.25) is 0 Å². The normalized spacial score (nSPS) is 19.7. The first-order valence-electron chi connectivity index (χ1n) is 15.8. The van der Waals surface area contributed by atoms with Gasteiger partial charge in [0.15, 0.2) is 0 Å². The minimum absolute atomic E-state index is 0.00808. The summed E-state index contributed by atoms with van der Waals surface area (Å²) in [5, 5.41) is 21.2. The summed E-state index contributed by atoms with van der Waals surface area (Å²) in [4.78, 5) is 53.0. The third kappa shape index (κ3) is 7.21. The van der Waals surface area contributed by atoms with Crippen molar-refractivity contribution in [2.45, 2.75) is 95.7 Å². The molecular weight excluding hydrogens is 605 g/mol. The van der Waals surface area contributed by atoms with Gasteiger partial charge in [-0.25, -0.2) is 0 Å². The fourth-order valence-corrected chi connectivity index (χ4v) is 6.55. The van der Waals surface area contributed by atoms with Gasteiger partial charge in [0.2, 0.25) is 17.9 Å². The molecule has 2 aromatic rings. The van der Waals surface area contributed by atoms with Gasteiger partial charge in [0, 0.05) is 25.0 Å². The van der Waals surface area contributed by atoms with Crippen LogP contribution in [-0.2, 0) is 20.8 Å². The van der Waals surface area contributed by atoms with Gasteiger partial charge in [-0.15, -0.1) is 0 Å². The molecule has 0 spiro atoms. The van der Waals surface area contributed by atoms with Crippen molar-refractivity contribution in [1.82, 2.24) is 25.3 Å². The molecule has 46 heavy (non-hydrogen) atoms. The number of carbonyl (C=O) groups is 4. The van der Waals surface area contributed by atoms with Gasteiger partial charge in [-0.2, -0.15) is 18.3 Å². The first kappa shape index (κ1) is 33.4. The number of rotatable bonds is 12. The van der Waals surface area contributed by atoms with Crippen LogP contribution in [0.1, 0.15) is 86.6 Å². The highest BCUT2D eigenvalue weighted by atomic mass is 19.4. The highest BCUT2D eigenvalue weighted by molar-refractivity contribution is 6.01. The largest absolute Gasteiger partial charge is 0.417 e. The molecule has 1 heterocycles. The van der Waals surface area contributed by atoms with Crippen molar-refractivity contribution in [3.05, 3.63) is 47.3 Å². The van der Waals surface area contributed by atoms with E-state index in [1.165, 1.54) is 7.05 Å². The van der Waals surface area contributed by atoms with E-state index in [0.717, 1.165) is 43.1 Å². The highest BCUT2D eigenvalue weighted by Gasteiger charge is 2.50. The van der Waals surface area contributed by atoms with Crippen LogP contribution in [0.4, 0.5) is 18.9 Å². The number of aryl methyl sites for hydroxylation is 1. The van der Waals surface area contributed by atoms with E-state index < -0.39 is 42.2 Å². The van der Waals surface area contributed by atoms with E-state index in [9.17, 15) is 37.5 Å². The number of likely N-dealkylation sites (N-methyl/N-ethyl adjacent to an activating group) is 1. The number of aliphatic hydroxyl groups is 1. The van der Waals surface area contributed by atoms with E-state index in [2.05, 4.69) is 15.7 Å². The number of aromatic nitrogens is 2. The zero-order valence-electron chi connectivity index (χ0n) is 26.3. The molecule has 3 aliphatic carbocycles. The Labute approximate surface area is 265 Å². The molecule has 1 aromatic heterocycles. The minimum atomic E-state index is -5.06. The third-order valence-electron chi connectivity index (χ3n) is 9.19. The molecule has 5 rings (SSSR count). The lowest BCUT2D eigenvalue weighted by atomic mass is 9.88. The zero-order valence-corrected chi connectivity index (χ0v) is 26.3. The summed E-state index contributed by atoms with van der Waals surface area (Å²) >= 11 is 0. The summed E-state index contributed by atoms with van der Waals surface area (Å²) in [5.41, 5.74) is 2.25.